The lowest BCUT2D eigenvalue weighted by Crippen LogP contribution is -2.38. The minimum Gasteiger partial charge on any atom is -0.455 e. The molecule has 3 rings (SSSR count). The van der Waals surface area contributed by atoms with Crippen molar-refractivity contribution in [1.82, 2.24) is 0 Å². The number of sulfonamides is 1. The summed E-state index contributed by atoms with van der Waals surface area (Å²) in [6.07, 6.45) is 4.78. The van der Waals surface area contributed by atoms with E-state index in [0.29, 0.717) is 43.5 Å². The number of hydrogen-bond acceptors (Lipinski definition) is 6. The fourth-order valence-corrected chi connectivity index (χ4v) is 4.59. The molecule has 0 spiro atoms. The molecule has 1 aromatic carbocycles. The standard InChI is InChI=1S/C18H23NO6S/c1-26(23,24)19-10-4-5-13-11-14(6-7-15(13)19)16(20)12-25-17(21)18(22)8-2-3-9-18/h6-7,11,22H,2-5,8-10,12H2,1H3. The minimum atomic E-state index is -3.36. The first-order valence-corrected chi connectivity index (χ1v) is 10.6. The van der Waals surface area contributed by atoms with Crippen LogP contribution in [0.25, 0.3) is 0 Å². The molecule has 1 fully saturated rings. The van der Waals surface area contributed by atoms with Crippen molar-refractivity contribution in [2.45, 2.75) is 44.1 Å². The zero-order chi connectivity index (χ0) is 18.9. The van der Waals surface area contributed by atoms with E-state index in [1.165, 1.54) is 4.31 Å². The molecule has 0 radical (unpaired) electrons. The number of aliphatic hydroxyl groups is 1. The summed E-state index contributed by atoms with van der Waals surface area (Å²) in [6.45, 7) is -0.00889. The van der Waals surface area contributed by atoms with Gasteiger partial charge in [0.25, 0.3) is 0 Å². The van der Waals surface area contributed by atoms with Crippen molar-refractivity contribution >= 4 is 27.5 Å². The molecule has 1 aliphatic carbocycles. The second-order valence-electron chi connectivity index (χ2n) is 7.02. The molecule has 0 bridgehead atoms. The molecular formula is C18H23NO6S. The van der Waals surface area contributed by atoms with Crippen LogP contribution in [0.5, 0.6) is 0 Å². The van der Waals surface area contributed by atoms with Crippen LogP contribution >= 0.6 is 0 Å². The summed E-state index contributed by atoms with van der Waals surface area (Å²) in [6, 6.07) is 4.82. The Morgan fingerprint density at radius 1 is 1.23 bits per heavy atom. The second kappa shape index (κ2) is 7.00. The third-order valence-corrected chi connectivity index (χ3v) is 6.20. The number of Topliss-reactive ketones (excluding diaryl/α,β-unsaturated/α-hetero) is 1. The quantitative estimate of drug-likeness (QED) is 0.612. The van der Waals surface area contributed by atoms with Gasteiger partial charge in [0.15, 0.2) is 18.0 Å². The van der Waals surface area contributed by atoms with Gasteiger partial charge in [-0.1, -0.05) is 0 Å². The molecule has 1 heterocycles. The van der Waals surface area contributed by atoms with E-state index in [1.54, 1.807) is 18.2 Å². The molecule has 0 aromatic heterocycles. The molecule has 1 N–H and O–H groups in total. The molecule has 26 heavy (non-hydrogen) atoms. The number of benzene rings is 1. The summed E-state index contributed by atoms with van der Waals surface area (Å²) < 4.78 is 30.1. The number of anilines is 1. The van der Waals surface area contributed by atoms with Crippen molar-refractivity contribution < 1.29 is 27.9 Å². The highest BCUT2D eigenvalue weighted by Crippen LogP contribution is 2.31. The second-order valence-corrected chi connectivity index (χ2v) is 8.93. The van der Waals surface area contributed by atoms with Gasteiger partial charge in [-0.15, -0.1) is 0 Å². The monoisotopic (exact) mass is 381 g/mol. The molecule has 7 nitrogen and oxygen atoms in total. The SMILES string of the molecule is CS(=O)(=O)N1CCCc2cc(C(=O)COC(=O)C3(O)CCCC3)ccc21. The Morgan fingerprint density at radius 3 is 2.58 bits per heavy atom. The summed E-state index contributed by atoms with van der Waals surface area (Å²) in [4.78, 5) is 24.3. The van der Waals surface area contributed by atoms with Crippen molar-refractivity contribution in [3.05, 3.63) is 29.3 Å². The van der Waals surface area contributed by atoms with Gasteiger partial charge in [-0.3, -0.25) is 9.10 Å². The molecule has 8 heteroatoms. The highest BCUT2D eigenvalue weighted by molar-refractivity contribution is 7.92. The Balaban J connectivity index is 1.70. The van der Waals surface area contributed by atoms with Gasteiger partial charge in [0, 0.05) is 12.1 Å². The number of hydrogen-bond donors (Lipinski definition) is 1. The molecule has 0 atom stereocenters. The summed E-state index contributed by atoms with van der Waals surface area (Å²) >= 11 is 0. The molecule has 1 aliphatic heterocycles. The van der Waals surface area contributed by atoms with Gasteiger partial charge in [0.2, 0.25) is 10.0 Å². The highest BCUT2D eigenvalue weighted by Gasteiger charge is 2.40. The van der Waals surface area contributed by atoms with Crippen LogP contribution in [0.15, 0.2) is 18.2 Å². The van der Waals surface area contributed by atoms with Gasteiger partial charge >= 0.3 is 5.97 Å². The Labute approximate surface area is 153 Å². The molecule has 0 amide bonds. The van der Waals surface area contributed by atoms with Crippen molar-refractivity contribution in [1.29, 1.82) is 0 Å². The van der Waals surface area contributed by atoms with E-state index in [2.05, 4.69) is 0 Å². The summed E-state index contributed by atoms with van der Waals surface area (Å²) in [7, 11) is -3.36. The maximum Gasteiger partial charge on any atom is 0.338 e. The number of rotatable bonds is 5. The van der Waals surface area contributed by atoms with Gasteiger partial charge in [-0.2, -0.15) is 0 Å². The highest BCUT2D eigenvalue weighted by atomic mass is 32.2. The van der Waals surface area contributed by atoms with Crippen LogP contribution in [-0.4, -0.2) is 50.3 Å². The summed E-state index contributed by atoms with van der Waals surface area (Å²) in [5.41, 5.74) is 0.276. The number of esters is 1. The van der Waals surface area contributed by atoms with E-state index in [-0.39, 0.29) is 5.78 Å². The first-order chi connectivity index (χ1) is 12.2. The van der Waals surface area contributed by atoms with Crippen LogP contribution in [0.2, 0.25) is 0 Å². The summed E-state index contributed by atoms with van der Waals surface area (Å²) in [5.74, 6) is -1.12. The van der Waals surface area contributed by atoms with Gasteiger partial charge in [0.05, 0.1) is 11.9 Å². The van der Waals surface area contributed by atoms with Crippen molar-refractivity contribution in [2.75, 3.05) is 23.7 Å². The van der Waals surface area contributed by atoms with Gasteiger partial charge < -0.3 is 9.84 Å². The number of fused-ring (bicyclic) bond motifs is 1. The third kappa shape index (κ3) is 3.76. The number of carbonyl (C=O) groups excluding carboxylic acids is 2. The number of ketones is 1. The molecular weight excluding hydrogens is 358 g/mol. The topological polar surface area (TPSA) is 101 Å². The lowest BCUT2D eigenvalue weighted by Gasteiger charge is -2.29. The molecule has 142 valence electrons. The number of carbonyl (C=O) groups is 2. The van der Waals surface area contributed by atoms with E-state index in [9.17, 15) is 23.1 Å². The van der Waals surface area contributed by atoms with Gasteiger partial charge in [-0.25, -0.2) is 13.2 Å². The lowest BCUT2D eigenvalue weighted by molar-refractivity contribution is -0.163. The van der Waals surface area contributed by atoms with E-state index < -0.39 is 28.2 Å². The fraction of sp³-hybridized carbons (Fsp3) is 0.556. The van der Waals surface area contributed by atoms with Gasteiger partial charge in [0.1, 0.15) is 0 Å². The number of ether oxygens (including phenoxy) is 1. The molecule has 0 saturated heterocycles. The summed E-state index contributed by atoms with van der Waals surface area (Å²) in [5, 5.41) is 10.2. The average molecular weight is 381 g/mol. The first-order valence-electron chi connectivity index (χ1n) is 8.74. The Bertz CT molecular complexity index is 826. The van der Waals surface area contributed by atoms with E-state index in [4.69, 9.17) is 4.74 Å². The van der Waals surface area contributed by atoms with Crippen LogP contribution in [0.1, 0.15) is 48.0 Å². The van der Waals surface area contributed by atoms with E-state index in [0.717, 1.165) is 24.7 Å². The predicted molar refractivity (Wildman–Crippen MR) is 95.7 cm³/mol. The van der Waals surface area contributed by atoms with Crippen molar-refractivity contribution in [2.24, 2.45) is 0 Å². The molecule has 0 unspecified atom stereocenters. The van der Waals surface area contributed by atoms with Crippen LogP contribution in [0.4, 0.5) is 5.69 Å². The van der Waals surface area contributed by atoms with E-state index >= 15 is 0 Å². The predicted octanol–water partition coefficient (Wildman–Crippen LogP) is 1.43. The number of aryl methyl sites for hydroxylation is 1. The van der Waals surface area contributed by atoms with E-state index in [1.807, 2.05) is 0 Å². The minimum absolute atomic E-state index is 0.361. The fourth-order valence-electron chi connectivity index (χ4n) is 3.59. The Hall–Kier alpha value is -1.93. The Morgan fingerprint density at radius 2 is 1.92 bits per heavy atom. The van der Waals surface area contributed by atoms with Crippen LogP contribution in [0.3, 0.4) is 0 Å². The molecule has 2 aliphatic rings. The maximum absolute atomic E-state index is 12.3. The molecule has 1 aromatic rings. The molecule has 1 saturated carbocycles. The zero-order valence-corrected chi connectivity index (χ0v) is 15.5. The zero-order valence-electron chi connectivity index (χ0n) is 14.7. The van der Waals surface area contributed by atoms with Crippen LogP contribution < -0.4 is 4.31 Å². The first kappa shape index (κ1) is 18.8. The van der Waals surface area contributed by atoms with Crippen LogP contribution in [0, 0.1) is 0 Å². The number of nitrogens with zero attached hydrogens (tertiary/aromatic N) is 1. The lowest BCUT2D eigenvalue weighted by atomic mass is 9.99. The van der Waals surface area contributed by atoms with Gasteiger partial charge in [-0.05, 0) is 62.3 Å². The third-order valence-electron chi connectivity index (χ3n) is 5.02. The largest absolute Gasteiger partial charge is 0.455 e. The normalized spacial score (nSPS) is 19.1. The Kier molecular flexibility index (Phi) is 5.07. The van der Waals surface area contributed by atoms with Crippen LogP contribution in [-0.2, 0) is 26.0 Å². The van der Waals surface area contributed by atoms with Crippen molar-refractivity contribution in [3.63, 3.8) is 0 Å². The average Bonchev–Trinajstić information content (AvgIpc) is 3.05. The maximum atomic E-state index is 12.3. The van der Waals surface area contributed by atoms with Crippen molar-refractivity contribution in [3.8, 4) is 0 Å². The smallest absolute Gasteiger partial charge is 0.338 e.